The summed E-state index contributed by atoms with van der Waals surface area (Å²) < 4.78 is 3.03. The van der Waals surface area contributed by atoms with E-state index in [2.05, 4.69) is 36.9 Å². The molecule has 6 nitrogen and oxygen atoms in total. The fourth-order valence-electron chi connectivity index (χ4n) is 3.15. The Hall–Kier alpha value is -2.41. The van der Waals surface area contributed by atoms with Crippen LogP contribution in [0.3, 0.4) is 0 Å². The fourth-order valence-corrected chi connectivity index (χ4v) is 3.50. The van der Waals surface area contributed by atoms with E-state index in [9.17, 15) is 4.79 Å². The van der Waals surface area contributed by atoms with Crippen LogP contribution in [0.15, 0.2) is 53.4 Å². The van der Waals surface area contributed by atoms with Gasteiger partial charge in [-0.1, -0.05) is 22.0 Å². The van der Waals surface area contributed by atoms with Crippen molar-refractivity contribution in [2.24, 2.45) is 0 Å². The summed E-state index contributed by atoms with van der Waals surface area (Å²) in [5.74, 6) is 0.877. The number of piperazine rings is 1. The molecule has 1 amide bonds. The number of fused-ring (bicyclic) bond motifs is 1. The summed E-state index contributed by atoms with van der Waals surface area (Å²) in [5.41, 5.74) is 1.07. The highest BCUT2D eigenvalue weighted by molar-refractivity contribution is 9.10. The van der Waals surface area contributed by atoms with Crippen LogP contribution in [-0.2, 0) is 11.3 Å². The monoisotopic (exact) mass is 399 g/mol. The van der Waals surface area contributed by atoms with E-state index in [-0.39, 0.29) is 5.91 Å². The first kappa shape index (κ1) is 16.1. The predicted octanol–water partition coefficient (Wildman–Crippen LogP) is 2.54. The lowest BCUT2D eigenvalue weighted by atomic mass is 10.2. The molecule has 128 valence electrons. The molecule has 0 unspecified atom stereocenters. The van der Waals surface area contributed by atoms with E-state index in [1.165, 1.54) is 0 Å². The number of benzene rings is 1. The first-order valence-corrected chi connectivity index (χ1v) is 9.04. The Kier molecular flexibility index (Phi) is 4.40. The van der Waals surface area contributed by atoms with Crippen LogP contribution in [-0.4, -0.2) is 51.5 Å². The van der Waals surface area contributed by atoms with Crippen molar-refractivity contribution < 1.29 is 4.79 Å². The Morgan fingerprint density at radius 3 is 2.60 bits per heavy atom. The number of anilines is 1. The largest absolute Gasteiger partial charge is 0.338 e. The molecule has 0 atom stereocenters. The van der Waals surface area contributed by atoms with Crippen LogP contribution in [0, 0.1) is 0 Å². The molecule has 1 saturated heterocycles. The van der Waals surface area contributed by atoms with Crippen molar-refractivity contribution in [3.8, 4) is 0 Å². The quantitative estimate of drug-likeness (QED) is 0.678. The first-order chi connectivity index (χ1) is 12.2. The molecule has 3 heterocycles. The third-order valence-electron chi connectivity index (χ3n) is 4.51. The minimum absolute atomic E-state index is 0.145. The van der Waals surface area contributed by atoms with Crippen molar-refractivity contribution in [1.82, 2.24) is 19.4 Å². The number of carbonyl (C=O) groups is 1. The van der Waals surface area contributed by atoms with Crippen molar-refractivity contribution >= 4 is 38.7 Å². The average Bonchev–Trinajstić information content (AvgIpc) is 3.04. The Labute approximate surface area is 154 Å². The highest BCUT2D eigenvalue weighted by Crippen LogP contribution is 2.21. The fraction of sp³-hybridized carbons (Fsp3) is 0.278. The van der Waals surface area contributed by atoms with Crippen molar-refractivity contribution in [2.75, 3.05) is 31.1 Å². The molecule has 0 radical (unpaired) electrons. The Morgan fingerprint density at radius 2 is 1.84 bits per heavy atom. The maximum Gasteiger partial charge on any atom is 0.242 e. The smallest absolute Gasteiger partial charge is 0.242 e. The molecule has 0 saturated carbocycles. The highest BCUT2D eigenvalue weighted by Gasteiger charge is 2.22. The molecule has 2 aromatic heterocycles. The summed E-state index contributed by atoms with van der Waals surface area (Å²) in [6.45, 7) is 3.27. The standard InChI is InChI=1S/C18H18BrN5O/c19-15-3-2-14-4-7-24(16(14)12-15)13-17(25)22-8-10-23(11-9-22)18-20-5-1-6-21-18/h1-7,12H,8-11,13H2. The summed E-state index contributed by atoms with van der Waals surface area (Å²) in [6.07, 6.45) is 5.47. The predicted molar refractivity (Wildman–Crippen MR) is 100 cm³/mol. The van der Waals surface area contributed by atoms with Gasteiger partial charge in [0.25, 0.3) is 0 Å². The molecule has 0 aliphatic carbocycles. The van der Waals surface area contributed by atoms with Crippen LogP contribution in [0.25, 0.3) is 10.9 Å². The van der Waals surface area contributed by atoms with Gasteiger partial charge in [0.15, 0.2) is 0 Å². The number of rotatable bonds is 3. The van der Waals surface area contributed by atoms with Gasteiger partial charge in [0, 0.05) is 54.8 Å². The van der Waals surface area contributed by atoms with E-state index in [0.29, 0.717) is 19.6 Å². The van der Waals surface area contributed by atoms with Gasteiger partial charge in [-0.05, 0) is 29.7 Å². The van der Waals surface area contributed by atoms with Crippen LogP contribution in [0.2, 0.25) is 0 Å². The van der Waals surface area contributed by atoms with Crippen LogP contribution in [0.4, 0.5) is 5.95 Å². The molecule has 1 aromatic carbocycles. The Morgan fingerprint density at radius 1 is 1.08 bits per heavy atom. The third-order valence-corrected chi connectivity index (χ3v) is 5.00. The van der Waals surface area contributed by atoms with E-state index in [1.807, 2.05) is 39.9 Å². The molecule has 0 spiro atoms. The number of aromatic nitrogens is 3. The summed E-state index contributed by atoms with van der Waals surface area (Å²) >= 11 is 3.50. The number of amides is 1. The van der Waals surface area contributed by atoms with Gasteiger partial charge in [0.2, 0.25) is 11.9 Å². The summed E-state index contributed by atoms with van der Waals surface area (Å²) in [4.78, 5) is 25.3. The van der Waals surface area contributed by atoms with E-state index in [4.69, 9.17) is 0 Å². The summed E-state index contributed by atoms with van der Waals surface area (Å²) in [7, 11) is 0. The van der Waals surface area contributed by atoms with E-state index in [0.717, 1.165) is 34.4 Å². The molecule has 1 fully saturated rings. The summed E-state index contributed by atoms with van der Waals surface area (Å²) in [5, 5.41) is 1.14. The van der Waals surface area contributed by atoms with Gasteiger partial charge in [0.1, 0.15) is 6.54 Å². The van der Waals surface area contributed by atoms with Crippen molar-refractivity contribution in [3.05, 3.63) is 53.4 Å². The second kappa shape index (κ2) is 6.84. The van der Waals surface area contributed by atoms with Crippen molar-refractivity contribution in [2.45, 2.75) is 6.54 Å². The van der Waals surface area contributed by atoms with Crippen molar-refractivity contribution in [3.63, 3.8) is 0 Å². The Balaban J connectivity index is 1.41. The number of nitrogens with zero attached hydrogens (tertiary/aromatic N) is 5. The lowest BCUT2D eigenvalue weighted by molar-refractivity contribution is -0.132. The van der Waals surface area contributed by atoms with Crippen LogP contribution < -0.4 is 4.90 Å². The van der Waals surface area contributed by atoms with Gasteiger partial charge in [-0.3, -0.25) is 4.79 Å². The number of hydrogen-bond acceptors (Lipinski definition) is 4. The maximum absolute atomic E-state index is 12.7. The van der Waals surface area contributed by atoms with E-state index in [1.54, 1.807) is 12.4 Å². The zero-order valence-corrected chi connectivity index (χ0v) is 15.3. The average molecular weight is 400 g/mol. The minimum atomic E-state index is 0.145. The van der Waals surface area contributed by atoms with Gasteiger partial charge >= 0.3 is 0 Å². The van der Waals surface area contributed by atoms with Crippen LogP contribution in [0.5, 0.6) is 0 Å². The van der Waals surface area contributed by atoms with Crippen LogP contribution in [0.1, 0.15) is 0 Å². The molecule has 1 aliphatic heterocycles. The lowest BCUT2D eigenvalue weighted by Crippen LogP contribution is -2.50. The zero-order chi connectivity index (χ0) is 17.2. The Bertz CT molecular complexity index is 887. The van der Waals surface area contributed by atoms with E-state index >= 15 is 0 Å². The maximum atomic E-state index is 12.7. The second-order valence-corrected chi connectivity index (χ2v) is 6.98. The molecular weight excluding hydrogens is 382 g/mol. The minimum Gasteiger partial charge on any atom is -0.338 e. The highest BCUT2D eigenvalue weighted by atomic mass is 79.9. The first-order valence-electron chi connectivity index (χ1n) is 8.25. The van der Waals surface area contributed by atoms with Crippen molar-refractivity contribution in [1.29, 1.82) is 0 Å². The molecule has 1 aliphatic rings. The van der Waals surface area contributed by atoms with E-state index < -0.39 is 0 Å². The molecule has 0 N–H and O–H groups in total. The normalized spacial score (nSPS) is 14.9. The zero-order valence-electron chi connectivity index (χ0n) is 13.7. The van der Waals surface area contributed by atoms with Gasteiger partial charge in [-0.2, -0.15) is 0 Å². The van der Waals surface area contributed by atoms with Gasteiger partial charge in [0.05, 0.1) is 0 Å². The number of halogens is 1. The molecule has 25 heavy (non-hydrogen) atoms. The topological polar surface area (TPSA) is 54.3 Å². The van der Waals surface area contributed by atoms with Gasteiger partial charge in [-0.25, -0.2) is 9.97 Å². The number of hydrogen-bond donors (Lipinski definition) is 0. The molecular formula is C18H18BrN5O. The summed E-state index contributed by atoms with van der Waals surface area (Å²) in [6, 6.07) is 9.97. The molecule has 3 aromatic rings. The molecule has 0 bridgehead atoms. The SMILES string of the molecule is O=C(Cn1ccc2ccc(Br)cc21)N1CCN(c2ncccn2)CC1. The lowest BCUT2D eigenvalue weighted by Gasteiger charge is -2.34. The molecule has 7 heteroatoms. The van der Waals surface area contributed by atoms with Gasteiger partial charge in [-0.15, -0.1) is 0 Å². The van der Waals surface area contributed by atoms with Gasteiger partial charge < -0.3 is 14.4 Å². The third kappa shape index (κ3) is 3.37. The van der Waals surface area contributed by atoms with Crippen LogP contribution >= 0.6 is 15.9 Å². The molecule has 4 rings (SSSR count). The second-order valence-electron chi connectivity index (χ2n) is 6.06. The number of carbonyl (C=O) groups excluding carboxylic acids is 1.